The number of hydrogen-bond donors (Lipinski definition) is 1. The number of hydrogen-bond acceptors (Lipinski definition) is 4. The van der Waals surface area contributed by atoms with Gasteiger partial charge in [0.05, 0.1) is 6.04 Å². The molecule has 3 aromatic rings. The highest BCUT2D eigenvalue weighted by atomic mass is 32.2. The van der Waals surface area contributed by atoms with Crippen molar-refractivity contribution in [3.63, 3.8) is 0 Å². The van der Waals surface area contributed by atoms with Crippen LogP contribution >= 0.6 is 0 Å². The minimum Gasteiger partial charge on any atom is -0.755 e. The Kier molecular flexibility index (Phi) is 6.81. The van der Waals surface area contributed by atoms with Crippen LogP contribution in [-0.4, -0.2) is 26.4 Å². The second-order valence-electron chi connectivity index (χ2n) is 8.33. The van der Waals surface area contributed by atoms with E-state index in [1.807, 2.05) is 50.2 Å². The van der Waals surface area contributed by atoms with Gasteiger partial charge in [0, 0.05) is 17.0 Å². The van der Waals surface area contributed by atoms with Gasteiger partial charge in [-0.3, -0.25) is 8.51 Å². The van der Waals surface area contributed by atoms with Crippen molar-refractivity contribution >= 4 is 22.9 Å². The molecule has 0 fully saturated rings. The Morgan fingerprint density at radius 2 is 1.94 bits per heavy atom. The molecule has 172 valence electrons. The molecule has 7 heteroatoms. The molecule has 3 aromatic carbocycles. The van der Waals surface area contributed by atoms with Gasteiger partial charge in [-0.1, -0.05) is 48.0 Å². The highest BCUT2D eigenvalue weighted by molar-refractivity contribution is 7.80. The van der Waals surface area contributed by atoms with Gasteiger partial charge in [0.2, 0.25) is 0 Å². The lowest BCUT2D eigenvalue weighted by atomic mass is 9.86. The van der Waals surface area contributed by atoms with Crippen molar-refractivity contribution in [2.75, 3.05) is 10.9 Å². The SMILES string of the molecule is Cc1cccc(-c2ccc(N(C3CCCc4c(OCC(=O)O)cccc43)S(=O)[O-])cc2C)c1. The number of aryl methyl sites for hydroxylation is 2. The summed E-state index contributed by atoms with van der Waals surface area (Å²) in [5, 5.41) is 8.97. The molecule has 1 aliphatic rings. The molecular weight excluding hydrogens is 438 g/mol. The van der Waals surface area contributed by atoms with Gasteiger partial charge in [-0.15, -0.1) is 0 Å². The third-order valence-corrected chi connectivity index (χ3v) is 6.81. The Morgan fingerprint density at radius 1 is 1.15 bits per heavy atom. The van der Waals surface area contributed by atoms with Crippen molar-refractivity contribution in [2.45, 2.75) is 39.2 Å². The number of fused-ring (bicyclic) bond motifs is 1. The lowest BCUT2D eigenvalue weighted by molar-refractivity contribution is -0.139. The van der Waals surface area contributed by atoms with Crippen molar-refractivity contribution in [3.05, 3.63) is 82.9 Å². The second kappa shape index (κ2) is 9.77. The van der Waals surface area contributed by atoms with Crippen molar-refractivity contribution in [2.24, 2.45) is 0 Å². The minimum absolute atomic E-state index is 0.385. The summed E-state index contributed by atoms with van der Waals surface area (Å²) in [5.41, 5.74) is 6.64. The molecule has 2 atom stereocenters. The molecule has 0 heterocycles. The number of aliphatic carboxylic acids is 1. The van der Waals surface area contributed by atoms with Gasteiger partial charge in [-0.25, -0.2) is 4.79 Å². The number of nitrogens with zero attached hydrogens (tertiary/aromatic N) is 1. The number of carboxylic acid groups (broad SMARTS) is 1. The molecular formula is C26H26NO5S-. The smallest absolute Gasteiger partial charge is 0.341 e. The van der Waals surface area contributed by atoms with Gasteiger partial charge in [0.25, 0.3) is 0 Å². The zero-order chi connectivity index (χ0) is 23.5. The first-order valence-electron chi connectivity index (χ1n) is 10.9. The lowest BCUT2D eigenvalue weighted by Gasteiger charge is -2.38. The third kappa shape index (κ3) is 4.94. The van der Waals surface area contributed by atoms with Crippen LogP contribution in [0.1, 0.15) is 41.1 Å². The molecule has 0 bridgehead atoms. The number of anilines is 1. The van der Waals surface area contributed by atoms with Gasteiger partial charge in [-0.05, 0) is 79.1 Å². The van der Waals surface area contributed by atoms with E-state index >= 15 is 0 Å². The maximum absolute atomic E-state index is 12.4. The fraction of sp³-hybridized carbons (Fsp3) is 0.269. The molecule has 0 amide bonds. The van der Waals surface area contributed by atoms with E-state index in [1.165, 1.54) is 4.31 Å². The molecule has 1 aliphatic carbocycles. The van der Waals surface area contributed by atoms with Crippen molar-refractivity contribution in [1.29, 1.82) is 0 Å². The largest absolute Gasteiger partial charge is 0.755 e. The van der Waals surface area contributed by atoms with E-state index in [4.69, 9.17) is 9.84 Å². The molecule has 0 saturated carbocycles. The van der Waals surface area contributed by atoms with E-state index in [2.05, 4.69) is 12.1 Å². The maximum Gasteiger partial charge on any atom is 0.341 e. The minimum atomic E-state index is -2.49. The molecule has 4 rings (SSSR count). The zero-order valence-electron chi connectivity index (χ0n) is 18.6. The molecule has 6 nitrogen and oxygen atoms in total. The van der Waals surface area contributed by atoms with E-state index in [9.17, 15) is 13.6 Å². The van der Waals surface area contributed by atoms with Crippen molar-refractivity contribution in [1.82, 2.24) is 0 Å². The van der Waals surface area contributed by atoms with Gasteiger partial charge < -0.3 is 14.4 Å². The van der Waals surface area contributed by atoms with Crippen LogP contribution < -0.4 is 9.04 Å². The molecule has 0 aliphatic heterocycles. The summed E-state index contributed by atoms with van der Waals surface area (Å²) in [6.07, 6.45) is 2.16. The van der Waals surface area contributed by atoms with Crippen LogP contribution in [0.3, 0.4) is 0 Å². The average Bonchev–Trinajstić information content (AvgIpc) is 2.78. The molecule has 33 heavy (non-hydrogen) atoms. The zero-order valence-corrected chi connectivity index (χ0v) is 19.4. The van der Waals surface area contributed by atoms with Crippen LogP contribution in [0.2, 0.25) is 0 Å². The van der Waals surface area contributed by atoms with Crippen LogP contribution in [0.4, 0.5) is 5.69 Å². The Morgan fingerprint density at radius 3 is 2.64 bits per heavy atom. The van der Waals surface area contributed by atoms with E-state index in [0.29, 0.717) is 24.3 Å². The first-order chi connectivity index (χ1) is 15.8. The lowest BCUT2D eigenvalue weighted by Crippen LogP contribution is -2.33. The highest BCUT2D eigenvalue weighted by Crippen LogP contribution is 2.41. The first-order valence-corrected chi connectivity index (χ1v) is 11.9. The fourth-order valence-electron chi connectivity index (χ4n) is 4.60. The highest BCUT2D eigenvalue weighted by Gasteiger charge is 2.29. The first kappa shape index (κ1) is 23.0. The summed E-state index contributed by atoms with van der Waals surface area (Å²) in [5.74, 6) is -0.548. The fourth-order valence-corrected chi connectivity index (χ4v) is 5.31. The quantitative estimate of drug-likeness (QED) is 0.491. The molecule has 0 spiro atoms. The maximum atomic E-state index is 12.4. The molecule has 0 radical (unpaired) electrons. The number of rotatable bonds is 7. The molecule has 2 unspecified atom stereocenters. The normalized spacial score (nSPS) is 16.0. The van der Waals surface area contributed by atoms with Crippen LogP contribution in [0, 0.1) is 13.8 Å². The number of carboxylic acids is 1. The van der Waals surface area contributed by atoms with Gasteiger partial charge in [0.1, 0.15) is 5.75 Å². The number of benzene rings is 3. The number of carbonyl (C=O) groups is 1. The Bertz CT molecular complexity index is 1210. The van der Waals surface area contributed by atoms with Crippen molar-refractivity contribution in [3.8, 4) is 16.9 Å². The van der Waals surface area contributed by atoms with E-state index < -0.39 is 23.8 Å². The predicted molar refractivity (Wildman–Crippen MR) is 128 cm³/mol. The topological polar surface area (TPSA) is 89.9 Å². The summed E-state index contributed by atoms with van der Waals surface area (Å²) >= 11 is -2.49. The van der Waals surface area contributed by atoms with Crippen LogP contribution in [0.5, 0.6) is 5.75 Å². The standard InChI is InChI=1S/C26H27NO5S/c1-17-6-3-7-19(14-17)21-13-12-20(15-18(21)2)27(33(30)31)24-10-4-9-23-22(24)8-5-11-25(23)32-16-26(28)29/h3,5-8,11-15,24H,4,9-10,16H2,1-2H3,(H,28,29)(H,30,31)/p-1. The molecule has 1 N–H and O–H groups in total. The summed E-state index contributed by atoms with van der Waals surface area (Å²) < 4.78 is 31.8. The van der Waals surface area contributed by atoms with E-state index in [1.54, 1.807) is 12.1 Å². The summed E-state index contributed by atoms with van der Waals surface area (Å²) in [6.45, 7) is 3.60. The Balaban J connectivity index is 1.71. The summed E-state index contributed by atoms with van der Waals surface area (Å²) in [6, 6.07) is 19.0. The Labute approximate surface area is 196 Å². The second-order valence-corrected chi connectivity index (χ2v) is 9.15. The third-order valence-electron chi connectivity index (χ3n) is 6.02. The van der Waals surface area contributed by atoms with Gasteiger partial charge in [-0.2, -0.15) is 0 Å². The average molecular weight is 465 g/mol. The van der Waals surface area contributed by atoms with Crippen LogP contribution in [-0.2, 0) is 22.5 Å². The van der Waals surface area contributed by atoms with Crippen LogP contribution in [0.25, 0.3) is 11.1 Å². The van der Waals surface area contributed by atoms with Crippen LogP contribution in [0.15, 0.2) is 60.7 Å². The van der Waals surface area contributed by atoms with Crippen molar-refractivity contribution < 1.29 is 23.4 Å². The predicted octanol–water partition coefficient (Wildman–Crippen LogP) is 5.11. The van der Waals surface area contributed by atoms with E-state index in [0.717, 1.165) is 39.8 Å². The van der Waals surface area contributed by atoms with E-state index in [-0.39, 0.29) is 6.04 Å². The molecule has 0 aromatic heterocycles. The monoisotopic (exact) mass is 464 g/mol. The number of ether oxygens (including phenoxy) is 1. The van der Waals surface area contributed by atoms with Gasteiger partial charge >= 0.3 is 5.97 Å². The Hall–Kier alpha value is -3.16. The summed E-state index contributed by atoms with van der Waals surface area (Å²) in [7, 11) is 0. The molecule has 0 saturated heterocycles. The summed E-state index contributed by atoms with van der Waals surface area (Å²) in [4.78, 5) is 11.0. The van der Waals surface area contributed by atoms with Gasteiger partial charge in [0.15, 0.2) is 6.61 Å².